The third-order valence-corrected chi connectivity index (χ3v) is 2.22. The molecule has 0 aliphatic carbocycles. The first-order valence-corrected chi connectivity index (χ1v) is 5.22. The summed E-state index contributed by atoms with van der Waals surface area (Å²) in [6, 6.07) is 0. The summed E-state index contributed by atoms with van der Waals surface area (Å²) in [7, 11) is 0. The first-order valence-electron chi connectivity index (χ1n) is 5.22. The largest absolute Gasteiger partial charge is 0.353 e. The van der Waals surface area contributed by atoms with Gasteiger partial charge in [-0.15, -0.1) is 0 Å². The van der Waals surface area contributed by atoms with Crippen LogP contribution in [0.3, 0.4) is 0 Å². The monoisotopic (exact) mass is 211 g/mol. The van der Waals surface area contributed by atoms with Gasteiger partial charge in [0.1, 0.15) is 0 Å². The molecule has 1 aliphatic heterocycles. The van der Waals surface area contributed by atoms with Crippen molar-refractivity contribution in [1.29, 1.82) is 0 Å². The molecular formula is C10H17N3O2. The molecule has 0 aromatic rings. The SMILES string of the molecule is C/C(=C\CN=[N+]=[N-])COC1CCCCO1. The van der Waals surface area contributed by atoms with Gasteiger partial charge < -0.3 is 9.47 Å². The summed E-state index contributed by atoms with van der Waals surface area (Å²) in [5.74, 6) is 0. The minimum absolute atomic E-state index is 0.0541. The van der Waals surface area contributed by atoms with E-state index in [9.17, 15) is 0 Å². The quantitative estimate of drug-likeness (QED) is 0.303. The average Bonchev–Trinajstić information content (AvgIpc) is 2.28. The molecule has 0 aromatic carbocycles. The fourth-order valence-corrected chi connectivity index (χ4v) is 1.36. The lowest BCUT2D eigenvalue weighted by atomic mass is 10.2. The number of ether oxygens (including phenoxy) is 2. The number of hydrogen-bond donors (Lipinski definition) is 0. The smallest absolute Gasteiger partial charge is 0.158 e. The van der Waals surface area contributed by atoms with E-state index in [0.29, 0.717) is 13.2 Å². The van der Waals surface area contributed by atoms with Gasteiger partial charge >= 0.3 is 0 Å². The van der Waals surface area contributed by atoms with Crippen LogP contribution in [0.5, 0.6) is 0 Å². The van der Waals surface area contributed by atoms with Gasteiger partial charge in [-0.05, 0) is 31.7 Å². The predicted octanol–water partition coefficient (Wildman–Crippen LogP) is 2.79. The van der Waals surface area contributed by atoms with Gasteiger partial charge in [0.15, 0.2) is 6.29 Å². The second-order valence-electron chi connectivity index (χ2n) is 3.57. The Labute approximate surface area is 89.7 Å². The zero-order valence-electron chi connectivity index (χ0n) is 9.06. The van der Waals surface area contributed by atoms with E-state index in [0.717, 1.165) is 25.0 Å². The van der Waals surface area contributed by atoms with E-state index in [1.807, 2.05) is 13.0 Å². The van der Waals surface area contributed by atoms with Crippen LogP contribution in [-0.4, -0.2) is 26.0 Å². The molecule has 84 valence electrons. The standard InChI is InChI=1S/C10H17N3O2/c1-9(5-6-12-13-11)8-15-10-4-2-3-7-14-10/h5,10H,2-4,6-8H2,1H3/b9-5+. The Morgan fingerprint density at radius 2 is 2.53 bits per heavy atom. The van der Waals surface area contributed by atoms with Crippen molar-refractivity contribution in [3.05, 3.63) is 22.1 Å². The first-order chi connectivity index (χ1) is 7.33. The second kappa shape index (κ2) is 7.29. The summed E-state index contributed by atoms with van der Waals surface area (Å²) >= 11 is 0. The van der Waals surface area contributed by atoms with E-state index in [1.54, 1.807) is 0 Å². The molecule has 1 saturated heterocycles. The van der Waals surface area contributed by atoms with E-state index in [-0.39, 0.29) is 6.29 Å². The Morgan fingerprint density at radius 1 is 1.67 bits per heavy atom. The van der Waals surface area contributed by atoms with Crippen molar-refractivity contribution in [1.82, 2.24) is 0 Å². The van der Waals surface area contributed by atoms with E-state index in [1.165, 1.54) is 6.42 Å². The predicted molar refractivity (Wildman–Crippen MR) is 57.3 cm³/mol. The Kier molecular flexibility index (Phi) is 5.85. The van der Waals surface area contributed by atoms with Crippen molar-refractivity contribution in [3.63, 3.8) is 0 Å². The molecule has 1 aliphatic rings. The van der Waals surface area contributed by atoms with Crippen molar-refractivity contribution in [3.8, 4) is 0 Å². The summed E-state index contributed by atoms with van der Waals surface area (Å²) in [5, 5.41) is 3.42. The summed E-state index contributed by atoms with van der Waals surface area (Å²) in [6.07, 6.45) is 5.09. The summed E-state index contributed by atoms with van der Waals surface area (Å²) in [6.45, 7) is 3.69. The highest BCUT2D eigenvalue weighted by molar-refractivity contribution is 4.99. The van der Waals surface area contributed by atoms with Crippen LogP contribution in [0.25, 0.3) is 10.4 Å². The lowest BCUT2D eigenvalue weighted by Crippen LogP contribution is -2.22. The molecule has 0 amide bonds. The van der Waals surface area contributed by atoms with Crippen LogP contribution >= 0.6 is 0 Å². The zero-order chi connectivity index (χ0) is 10.9. The fourth-order valence-electron chi connectivity index (χ4n) is 1.36. The zero-order valence-corrected chi connectivity index (χ0v) is 9.06. The Balaban J connectivity index is 2.17. The molecule has 0 radical (unpaired) electrons. The molecule has 15 heavy (non-hydrogen) atoms. The van der Waals surface area contributed by atoms with Crippen molar-refractivity contribution in [2.45, 2.75) is 32.5 Å². The van der Waals surface area contributed by atoms with Crippen LogP contribution in [0.1, 0.15) is 26.2 Å². The number of hydrogen-bond acceptors (Lipinski definition) is 3. The highest BCUT2D eigenvalue weighted by atomic mass is 16.7. The van der Waals surface area contributed by atoms with Crippen molar-refractivity contribution >= 4 is 0 Å². The molecule has 0 bridgehead atoms. The molecule has 0 saturated carbocycles. The molecule has 1 fully saturated rings. The van der Waals surface area contributed by atoms with E-state index >= 15 is 0 Å². The lowest BCUT2D eigenvalue weighted by Gasteiger charge is -2.22. The molecule has 1 atom stereocenters. The molecule has 0 aromatic heterocycles. The highest BCUT2D eigenvalue weighted by Gasteiger charge is 2.13. The summed E-state index contributed by atoms with van der Waals surface area (Å²) in [4.78, 5) is 2.67. The number of azide groups is 1. The molecule has 0 spiro atoms. The van der Waals surface area contributed by atoms with Gasteiger partial charge in [-0.25, -0.2) is 0 Å². The number of rotatable bonds is 5. The van der Waals surface area contributed by atoms with Crippen LogP contribution in [-0.2, 0) is 9.47 Å². The molecule has 1 unspecified atom stereocenters. The van der Waals surface area contributed by atoms with Crippen LogP contribution in [0.15, 0.2) is 16.8 Å². The van der Waals surface area contributed by atoms with Crippen LogP contribution in [0.4, 0.5) is 0 Å². The maximum atomic E-state index is 8.09. The molecule has 0 N–H and O–H groups in total. The van der Waals surface area contributed by atoms with Crippen LogP contribution < -0.4 is 0 Å². The normalized spacial score (nSPS) is 22.2. The Bertz CT molecular complexity index is 253. The minimum Gasteiger partial charge on any atom is -0.353 e. The minimum atomic E-state index is -0.0541. The third kappa shape index (κ3) is 5.42. The van der Waals surface area contributed by atoms with Crippen LogP contribution in [0, 0.1) is 0 Å². The van der Waals surface area contributed by atoms with Gasteiger partial charge in [-0.3, -0.25) is 0 Å². The maximum absolute atomic E-state index is 8.09. The molecular weight excluding hydrogens is 194 g/mol. The van der Waals surface area contributed by atoms with E-state index in [4.69, 9.17) is 15.0 Å². The fraction of sp³-hybridized carbons (Fsp3) is 0.800. The van der Waals surface area contributed by atoms with Gasteiger partial charge in [0.25, 0.3) is 0 Å². The van der Waals surface area contributed by atoms with Gasteiger partial charge in [0.05, 0.1) is 6.61 Å². The topological polar surface area (TPSA) is 67.2 Å². The van der Waals surface area contributed by atoms with Gasteiger partial charge in [0, 0.05) is 18.1 Å². The molecule has 5 heteroatoms. The van der Waals surface area contributed by atoms with E-state index in [2.05, 4.69) is 10.0 Å². The van der Waals surface area contributed by atoms with Gasteiger partial charge in [-0.2, -0.15) is 0 Å². The van der Waals surface area contributed by atoms with Crippen molar-refractivity contribution in [2.75, 3.05) is 19.8 Å². The number of nitrogens with zero attached hydrogens (tertiary/aromatic N) is 3. The first kappa shape index (κ1) is 12.0. The average molecular weight is 211 g/mol. The lowest BCUT2D eigenvalue weighted by molar-refractivity contribution is -0.156. The third-order valence-electron chi connectivity index (χ3n) is 2.22. The molecule has 5 nitrogen and oxygen atoms in total. The van der Waals surface area contributed by atoms with E-state index < -0.39 is 0 Å². The molecule has 1 heterocycles. The van der Waals surface area contributed by atoms with Gasteiger partial charge in [-0.1, -0.05) is 16.8 Å². The van der Waals surface area contributed by atoms with Crippen LogP contribution in [0.2, 0.25) is 0 Å². The maximum Gasteiger partial charge on any atom is 0.158 e. The second-order valence-corrected chi connectivity index (χ2v) is 3.57. The highest BCUT2D eigenvalue weighted by Crippen LogP contribution is 2.14. The Hall–Kier alpha value is -1.03. The molecule has 1 rings (SSSR count). The summed E-state index contributed by atoms with van der Waals surface area (Å²) < 4.78 is 11.0. The Morgan fingerprint density at radius 3 is 3.20 bits per heavy atom. The van der Waals surface area contributed by atoms with Gasteiger partial charge in [0.2, 0.25) is 0 Å². The van der Waals surface area contributed by atoms with Crippen molar-refractivity contribution in [2.24, 2.45) is 5.11 Å². The summed E-state index contributed by atoms with van der Waals surface area (Å²) in [5.41, 5.74) is 9.16. The van der Waals surface area contributed by atoms with Crippen molar-refractivity contribution < 1.29 is 9.47 Å².